The number of nitrogens with one attached hydrogen (secondary N) is 1. The summed E-state index contributed by atoms with van der Waals surface area (Å²) in [4.78, 5) is 11.8. The summed E-state index contributed by atoms with van der Waals surface area (Å²) in [5, 5.41) is 2.90. The fourth-order valence-corrected chi connectivity index (χ4v) is 2.13. The van der Waals surface area contributed by atoms with Crippen molar-refractivity contribution in [3.63, 3.8) is 0 Å². The van der Waals surface area contributed by atoms with E-state index in [2.05, 4.69) is 5.32 Å². The van der Waals surface area contributed by atoms with Crippen LogP contribution in [-0.2, 0) is 11.3 Å². The maximum absolute atomic E-state index is 11.8. The molecule has 0 aliphatic rings. The van der Waals surface area contributed by atoms with Gasteiger partial charge >= 0.3 is 0 Å². The summed E-state index contributed by atoms with van der Waals surface area (Å²) in [6.45, 7) is 1.02. The molecule has 0 aliphatic carbocycles. The molecule has 128 valence electrons. The molecule has 0 atom stereocenters. The second-order valence-electron chi connectivity index (χ2n) is 5.25. The number of hydrogen-bond donors (Lipinski definition) is 1. The molecule has 5 heteroatoms. The van der Waals surface area contributed by atoms with Crippen LogP contribution >= 0.6 is 0 Å². The van der Waals surface area contributed by atoms with Gasteiger partial charge < -0.3 is 19.5 Å². The normalized spacial score (nSPS) is 10.1. The first-order chi connectivity index (χ1) is 11.7. The Morgan fingerprint density at radius 3 is 2.00 bits per heavy atom. The third kappa shape index (κ3) is 5.83. The van der Waals surface area contributed by atoms with E-state index in [4.69, 9.17) is 14.2 Å². The largest absolute Gasteiger partial charge is 0.497 e. The van der Waals surface area contributed by atoms with Gasteiger partial charge in [0.15, 0.2) is 0 Å². The molecule has 0 aromatic heterocycles. The van der Waals surface area contributed by atoms with Crippen molar-refractivity contribution in [2.75, 3.05) is 20.8 Å². The molecule has 1 amide bonds. The van der Waals surface area contributed by atoms with Gasteiger partial charge in [-0.05, 0) is 48.4 Å². The molecular weight excluding hydrogens is 306 g/mol. The van der Waals surface area contributed by atoms with Crippen LogP contribution in [0, 0.1) is 0 Å². The molecule has 0 saturated carbocycles. The van der Waals surface area contributed by atoms with Crippen molar-refractivity contribution in [1.82, 2.24) is 5.32 Å². The zero-order valence-corrected chi connectivity index (χ0v) is 14.1. The topological polar surface area (TPSA) is 56.8 Å². The molecule has 24 heavy (non-hydrogen) atoms. The first kappa shape index (κ1) is 17.7. The monoisotopic (exact) mass is 329 g/mol. The molecule has 1 N–H and O–H groups in total. The summed E-state index contributed by atoms with van der Waals surface area (Å²) >= 11 is 0. The first-order valence-corrected chi connectivity index (χ1v) is 7.88. The smallest absolute Gasteiger partial charge is 0.220 e. The molecule has 0 fully saturated rings. The zero-order valence-electron chi connectivity index (χ0n) is 14.1. The van der Waals surface area contributed by atoms with E-state index in [-0.39, 0.29) is 5.91 Å². The second kappa shape index (κ2) is 9.45. The van der Waals surface area contributed by atoms with Crippen LogP contribution in [0.15, 0.2) is 48.5 Å². The highest BCUT2D eigenvalue weighted by Gasteiger charge is 2.02. The Hall–Kier alpha value is -2.69. The number of ether oxygens (including phenoxy) is 3. The Bertz CT molecular complexity index is 623. The number of amides is 1. The summed E-state index contributed by atoms with van der Waals surface area (Å²) in [5.41, 5.74) is 1.04. The summed E-state index contributed by atoms with van der Waals surface area (Å²) in [7, 11) is 3.26. The molecule has 5 nitrogen and oxygen atoms in total. The molecule has 2 rings (SSSR count). The first-order valence-electron chi connectivity index (χ1n) is 7.88. The van der Waals surface area contributed by atoms with Crippen molar-refractivity contribution in [2.24, 2.45) is 0 Å². The van der Waals surface area contributed by atoms with E-state index in [1.807, 2.05) is 48.5 Å². The molecular formula is C19H23NO4. The fourth-order valence-electron chi connectivity index (χ4n) is 2.13. The standard InChI is InChI=1S/C19H23NO4/c1-22-16-7-5-15(6-8-16)14-20-19(21)4-3-13-24-18-11-9-17(23-2)10-12-18/h5-12H,3-4,13-14H2,1-2H3,(H,20,21). The van der Waals surface area contributed by atoms with Crippen LogP contribution in [0.1, 0.15) is 18.4 Å². The van der Waals surface area contributed by atoms with Gasteiger partial charge in [0.1, 0.15) is 17.2 Å². The fraction of sp³-hybridized carbons (Fsp3) is 0.316. The van der Waals surface area contributed by atoms with Gasteiger partial charge in [0.05, 0.1) is 20.8 Å². The Kier molecular flexibility index (Phi) is 6.95. The van der Waals surface area contributed by atoms with Crippen molar-refractivity contribution < 1.29 is 19.0 Å². The van der Waals surface area contributed by atoms with E-state index in [1.165, 1.54) is 0 Å². The van der Waals surface area contributed by atoms with Crippen molar-refractivity contribution >= 4 is 5.91 Å². The summed E-state index contributed by atoms with van der Waals surface area (Å²) < 4.78 is 15.8. The van der Waals surface area contributed by atoms with E-state index in [9.17, 15) is 4.79 Å². The molecule has 2 aromatic rings. The van der Waals surface area contributed by atoms with E-state index >= 15 is 0 Å². The summed E-state index contributed by atoms with van der Waals surface area (Å²) in [6, 6.07) is 15.0. The van der Waals surface area contributed by atoms with Crippen LogP contribution in [0.5, 0.6) is 17.2 Å². The van der Waals surface area contributed by atoms with Crippen LogP contribution in [0.25, 0.3) is 0 Å². The third-order valence-electron chi connectivity index (χ3n) is 3.53. The average molecular weight is 329 g/mol. The van der Waals surface area contributed by atoms with E-state index in [0.29, 0.717) is 26.0 Å². The maximum Gasteiger partial charge on any atom is 0.220 e. The van der Waals surface area contributed by atoms with Crippen LogP contribution < -0.4 is 19.5 Å². The van der Waals surface area contributed by atoms with Gasteiger partial charge in [-0.25, -0.2) is 0 Å². The van der Waals surface area contributed by atoms with Crippen LogP contribution in [-0.4, -0.2) is 26.7 Å². The van der Waals surface area contributed by atoms with E-state index in [0.717, 1.165) is 22.8 Å². The zero-order chi connectivity index (χ0) is 17.2. The third-order valence-corrected chi connectivity index (χ3v) is 3.53. The molecule has 2 aromatic carbocycles. The number of carbonyl (C=O) groups is 1. The lowest BCUT2D eigenvalue weighted by molar-refractivity contribution is -0.121. The van der Waals surface area contributed by atoms with E-state index in [1.54, 1.807) is 14.2 Å². The number of hydrogen-bond acceptors (Lipinski definition) is 4. The minimum atomic E-state index is 0.0177. The minimum absolute atomic E-state index is 0.0177. The Morgan fingerprint density at radius 2 is 1.42 bits per heavy atom. The predicted molar refractivity (Wildman–Crippen MR) is 92.6 cm³/mol. The van der Waals surface area contributed by atoms with E-state index < -0.39 is 0 Å². The molecule has 0 bridgehead atoms. The Balaban J connectivity index is 1.62. The van der Waals surface area contributed by atoms with Crippen LogP contribution in [0.3, 0.4) is 0 Å². The lowest BCUT2D eigenvalue weighted by Crippen LogP contribution is -2.22. The molecule has 0 saturated heterocycles. The number of carbonyl (C=O) groups excluding carboxylic acids is 1. The minimum Gasteiger partial charge on any atom is -0.497 e. The number of benzene rings is 2. The Morgan fingerprint density at radius 1 is 0.875 bits per heavy atom. The van der Waals surface area contributed by atoms with Gasteiger partial charge in [-0.15, -0.1) is 0 Å². The quantitative estimate of drug-likeness (QED) is 0.718. The molecule has 0 spiro atoms. The van der Waals surface area contributed by atoms with Crippen molar-refractivity contribution in [3.05, 3.63) is 54.1 Å². The molecule has 0 heterocycles. The van der Waals surface area contributed by atoms with Gasteiger partial charge in [0.2, 0.25) is 5.91 Å². The highest BCUT2D eigenvalue weighted by molar-refractivity contribution is 5.75. The molecule has 0 aliphatic heterocycles. The molecule has 0 radical (unpaired) electrons. The van der Waals surface area contributed by atoms with Crippen molar-refractivity contribution in [2.45, 2.75) is 19.4 Å². The van der Waals surface area contributed by atoms with Gasteiger partial charge in [-0.1, -0.05) is 12.1 Å². The SMILES string of the molecule is COc1ccc(CNC(=O)CCCOc2ccc(OC)cc2)cc1. The van der Waals surface area contributed by atoms with Crippen LogP contribution in [0.4, 0.5) is 0 Å². The maximum atomic E-state index is 11.8. The number of rotatable bonds is 9. The lowest BCUT2D eigenvalue weighted by atomic mass is 10.2. The average Bonchev–Trinajstić information content (AvgIpc) is 2.64. The number of methoxy groups -OCH3 is 2. The van der Waals surface area contributed by atoms with Gasteiger partial charge in [-0.2, -0.15) is 0 Å². The van der Waals surface area contributed by atoms with Gasteiger partial charge in [0, 0.05) is 13.0 Å². The van der Waals surface area contributed by atoms with Gasteiger partial charge in [-0.3, -0.25) is 4.79 Å². The highest BCUT2D eigenvalue weighted by atomic mass is 16.5. The molecule has 0 unspecified atom stereocenters. The Labute approximate surface area is 142 Å². The van der Waals surface area contributed by atoms with Gasteiger partial charge in [0.25, 0.3) is 0 Å². The van der Waals surface area contributed by atoms with Crippen molar-refractivity contribution in [3.8, 4) is 17.2 Å². The highest BCUT2D eigenvalue weighted by Crippen LogP contribution is 2.17. The summed E-state index contributed by atoms with van der Waals surface area (Å²) in [6.07, 6.45) is 1.10. The lowest BCUT2D eigenvalue weighted by Gasteiger charge is -2.08. The second-order valence-corrected chi connectivity index (χ2v) is 5.25. The summed E-state index contributed by atoms with van der Waals surface area (Å²) in [5.74, 6) is 2.39. The van der Waals surface area contributed by atoms with Crippen LogP contribution in [0.2, 0.25) is 0 Å². The predicted octanol–water partition coefficient (Wildman–Crippen LogP) is 3.18. The van der Waals surface area contributed by atoms with Crippen molar-refractivity contribution in [1.29, 1.82) is 0 Å².